The van der Waals surface area contributed by atoms with Gasteiger partial charge < -0.3 is 5.32 Å². The van der Waals surface area contributed by atoms with Crippen LogP contribution in [0.2, 0.25) is 5.02 Å². The number of benzene rings is 1. The fourth-order valence-corrected chi connectivity index (χ4v) is 2.69. The molecule has 3 nitrogen and oxygen atoms in total. The highest BCUT2D eigenvalue weighted by Crippen LogP contribution is 2.14. The van der Waals surface area contributed by atoms with Gasteiger partial charge in [-0.25, -0.2) is 0 Å². The summed E-state index contributed by atoms with van der Waals surface area (Å²) in [5.41, 5.74) is 3.79. The molecule has 21 heavy (non-hydrogen) atoms. The molecule has 0 bridgehead atoms. The number of halogens is 1. The molecule has 0 fully saturated rings. The minimum absolute atomic E-state index is 0.401. The van der Waals surface area contributed by atoms with Crippen LogP contribution >= 0.6 is 11.6 Å². The molecule has 1 atom stereocenters. The molecule has 1 heterocycles. The van der Waals surface area contributed by atoms with Gasteiger partial charge in [0.25, 0.3) is 0 Å². The second-order valence-electron chi connectivity index (χ2n) is 5.32. The van der Waals surface area contributed by atoms with Gasteiger partial charge in [-0.3, -0.25) is 4.68 Å². The molecule has 1 unspecified atom stereocenters. The Labute approximate surface area is 132 Å². The Bertz CT molecular complexity index is 560. The summed E-state index contributed by atoms with van der Waals surface area (Å²) in [6, 6.07) is 10.7. The summed E-state index contributed by atoms with van der Waals surface area (Å²) in [5.74, 6) is 0. The lowest BCUT2D eigenvalue weighted by molar-refractivity contribution is 0.519. The first-order valence-corrected chi connectivity index (χ1v) is 8.01. The van der Waals surface area contributed by atoms with Crippen LogP contribution in [-0.4, -0.2) is 22.9 Å². The maximum atomic E-state index is 5.94. The van der Waals surface area contributed by atoms with Crippen molar-refractivity contribution in [1.29, 1.82) is 0 Å². The SMILES string of the molecule is CCc1cc(CC(Cc2ccc(Cl)cc2)NC)n(CC)n1. The third kappa shape index (κ3) is 4.32. The van der Waals surface area contributed by atoms with E-state index in [1.165, 1.54) is 17.0 Å². The topological polar surface area (TPSA) is 29.9 Å². The van der Waals surface area contributed by atoms with Crippen LogP contribution in [0, 0.1) is 0 Å². The van der Waals surface area contributed by atoms with Crippen LogP contribution in [0.4, 0.5) is 0 Å². The zero-order valence-electron chi connectivity index (χ0n) is 13.1. The molecule has 2 aromatic rings. The van der Waals surface area contributed by atoms with E-state index in [-0.39, 0.29) is 0 Å². The van der Waals surface area contributed by atoms with Gasteiger partial charge in [0, 0.05) is 29.7 Å². The van der Waals surface area contributed by atoms with Crippen molar-refractivity contribution in [2.75, 3.05) is 7.05 Å². The van der Waals surface area contributed by atoms with Gasteiger partial charge in [-0.1, -0.05) is 30.7 Å². The number of nitrogens with one attached hydrogen (secondary N) is 1. The van der Waals surface area contributed by atoms with Gasteiger partial charge in [-0.2, -0.15) is 5.10 Å². The summed E-state index contributed by atoms with van der Waals surface area (Å²) in [6.45, 7) is 5.21. The van der Waals surface area contributed by atoms with Crippen molar-refractivity contribution in [1.82, 2.24) is 15.1 Å². The molecule has 0 aliphatic heterocycles. The monoisotopic (exact) mass is 305 g/mol. The van der Waals surface area contributed by atoms with Crippen molar-refractivity contribution in [2.24, 2.45) is 0 Å². The quantitative estimate of drug-likeness (QED) is 0.848. The van der Waals surface area contributed by atoms with Gasteiger partial charge in [-0.05, 0) is 50.6 Å². The van der Waals surface area contributed by atoms with Crippen LogP contribution < -0.4 is 5.32 Å². The molecule has 1 aromatic carbocycles. The lowest BCUT2D eigenvalue weighted by atomic mass is 10.0. The summed E-state index contributed by atoms with van der Waals surface area (Å²) < 4.78 is 2.12. The van der Waals surface area contributed by atoms with Gasteiger partial charge in [0.15, 0.2) is 0 Å². The smallest absolute Gasteiger partial charge is 0.0624 e. The van der Waals surface area contributed by atoms with Crippen molar-refractivity contribution in [2.45, 2.75) is 45.7 Å². The lowest BCUT2D eigenvalue weighted by Crippen LogP contribution is -2.30. The van der Waals surface area contributed by atoms with E-state index in [0.29, 0.717) is 6.04 Å². The predicted molar refractivity (Wildman–Crippen MR) is 89.0 cm³/mol. The first-order valence-electron chi connectivity index (χ1n) is 7.63. The van der Waals surface area contributed by atoms with E-state index in [1.54, 1.807) is 0 Å². The van der Waals surface area contributed by atoms with Gasteiger partial charge in [0.2, 0.25) is 0 Å². The summed E-state index contributed by atoms with van der Waals surface area (Å²) in [5, 5.41) is 8.83. The second kappa shape index (κ2) is 7.62. The Balaban J connectivity index is 2.08. The molecule has 0 saturated heterocycles. The number of hydrogen-bond acceptors (Lipinski definition) is 2. The third-order valence-corrected chi connectivity index (χ3v) is 4.09. The highest BCUT2D eigenvalue weighted by molar-refractivity contribution is 6.30. The fourth-order valence-electron chi connectivity index (χ4n) is 2.56. The number of aryl methyl sites for hydroxylation is 2. The largest absolute Gasteiger partial charge is 0.316 e. The van der Waals surface area contributed by atoms with Gasteiger partial charge in [0.1, 0.15) is 0 Å². The number of nitrogens with zero attached hydrogens (tertiary/aromatic N) is 2. The van der Waals surface area contributed by atoms with Crippen LogP contribution in [0.5, 0.6) is 0 Å². The van der Waals surface area contributed by atoms with E-state index in [9.17, 15) is 0 Å². The third-order valence-electron chi connectivity index (χ3n) is 3.83. The van der Waals surface area contributed by atoms with E-state index in [1.807, 2.05) is 19.2 Å². The van der Waals surface area contributed by atoms with Crippen molar-refractivity contribution in [3.8, 4) is 0 Å². The molecule has 4 heteroatoms. The number of rotatable bonds is 7. The minimum Gasteiger partial charge on any atom is -0.316 e. The molecular formula is C17H24ClN3. The Morgan fingerprint density at radius 1 is 1.19 bits per heavy atom. The van der Waals surface area contributed by atoms with Crippen molar-refractivity contribution in [3.05, 3.63) is 52.3 Å². The average molecular weight is 306 g/mol. The highest BCUT2D eigenvalue weighted by Gasteiger charge is 2.13. The van der Waals surface area contributed by atoms with Crippen LogP contribution in [-0.2, 0) is 25.8 Å². The number of hydrogen-bond donors (Lipinski definition) is 1. The zero-order valence-corrected chi connectivity index (χ0v) is 13.8. The predicted octanol–water partition coefficient (Wildman–Crippen LogP) is 3.49. The van der Waals surface area contributed by atoms with Crippen molar-refractivity contribution < 1.29 is 0 Å². The molecule has 0 amide bonds. The van der Waals surface area contributed by atoms with Crippen LogP contribution in [0.3, 0.4) is 0 Å². The maximum Gasteiger partial charge on any atom is 0.0624 e. The van der Waals surface area contributed by atoms with Crippen molar-refractivity contribution in [3.63, 3.8) is 0 Å². The Morgan fingerprint density at radius 2 is 1.90 bits per heavy atom. The summed E-state index contributed by atoms with van der Waals surface area (Å²) in [6.07, 6.45) is 2.96. The van der Waals surface area contributed by atoms with Crippen LogP contribution in [0.15, 0.2) is 30.3 Å². The maximum absolute atomic E-state index is 5.94. The summed E-state index contributed by atoms with van der Waals surface area (Å²) in [7, 11) is 2.02. The number of likely N-dealkylation sites (N-methyl/N-ethyl adjacent to an activating group) is 1. The van der Waals surface area contributed by atoms with Gasteiger partial charge in [-0.15, -0.1) is 0 Å². The normalized spacial score (nSPS) is 12.6. The molecule has 0 spiro atoms. The average Bonchev–Trinajstić information content (AvgIpc) is 2.91. The Morgan fingerprint density at radius 3 is 2.48 bits per heavy atom. The minimum atomic E-state index is 0.401. The van der Waals surface area contributed by atoms with Crippen molar-refractivity contribution >= 4 is 11.6 Å². The highest BCUT2D eigenvalue weighted by atomic mass is 35.5. The molecule has 1 N–H and O–H groups in total. The van der Waals surface area contributed by atoms with Gasteiger partial charge in [0.05, 0.1) is 5.69 Å². The molecule has 0 radical (unpaired) electrons. The molecule has 0 aliphatic rings. The van der Waals surface area contributed by atoms with E-state index in [0.717, 1.165) is 30.8 Å². The molecule has 0 aliphatic carbocycles. The van der Waals surface area contributed by atoms with E-state index >= 15 is 0 Å². The number of aromatic nitrogens is 2. The lowest BCUT2D eigenvalue weighted by Gasteiger charge is -2.17. The molecule has 1 aromatic heterocycles. The standard InChI is InChI=1S/C17H24ClN3/c1-4-15-11-17(21(5-2)20-15)12-16(19-3)10-13-6-8-14(18)9-7-13/h6-9,11,16,19H,4-5,10,12H2,1-3H3. The Kier molecular flexibility index (Phi) is 5.83. The Hall–Kier alpha value is -1.32. The van der Waals surface area contributed by atoms with E-state index < -0.39 is 0 Å². The summed E-state index contributed by atoms with van der Waals surface area (Å²) >= 11 is 5.94. The molecule has 114 valence electrons. The van der Waals surface area contributed by atoms with E-state index in [4.69, 9.17) is 11.6 Å². The van der Waals surface area contributed by atoms with Crippen LogP contribution in [0.1, 0.15) is 30.8 Å². The molecule has 2 rings (SSSR count). The summed E-state index contributed by atoms with van der Waals surface area (Å²) in [4.78, 5) is 0. The first kappa shape index (κ1) is 16.1. The van der Waals surface area contributed by atoms with Crippen LogP contribution in [0.25, 0.3) is 0 Å². The molecule has 0 saturated carbocycles. The van der Waals surface area contributed by atoms with Gasteiger partial charge >= 0.3 is 0 Å². The van der Waals surface area contributed by atoms with E-state index in [2.05, 4.69) is 47.1 Å². The fraction of sp³-hybridized carbons (Fsp3) is 0.471. The zero-order chi connectivity index (χ0) is 15.2. The molecular weight excluding hydrogens is 282 g/mol. The first-order chi connectivity index (χ1) is 10.2. The second-order valence-corrected chi connectivity index (χ2v) is 5.75.